The van der Waals surface area contributed by atoms with Crippen molar-refractivity contribution < 1.29 is 18.6 Å². The Morgan fingerprint density at radius 3 is 2.33 bits per heavy atom. The van der Waals surface area contributed by atoms with E-state index < -0.39 is 12.6 Å². The predicted octanol–water partition coefficient (Wildman–Crippen LogP) is 0.303. The van der Waals surface area contributed by atoms with E-state index in [0.29, 0.717) is 13.2 Å². The van der Waals surface area contributed by atoms with Crippen LogP contribution < -0.4 is 0 Å². The lowest BCUT2D eigenvalue weighted by Gasteiger charge is -2.20. The van der Waals surface area contributed by atoms with Gasteiger partial charge in [-0.2, -0.15) is 0 Å². The fourth-order valence-corrected chi connectivity index (χ4v) is 0.686. The van der Waals surface area contributed by atoms with Crippen LogP contribution in [0.2, 0.25) is 0 Å². The zero-order chi connectivity index (χ0) is 6.74. The lowest BCUT2D eigenvalue weighted by atomic mass is 10.6. The Balaban J connectivity index is 2.45. The van der Waals surface area contributed by atoms with Gasteiger partial charge in [0.05, 0.1) is 13.2 Å². The van der Waals surface area contributed by atoms with Crippen molar-refractivity contribution in [1.82, 2.24) is 0 Å². The number of methoxy groups -OCH3 is 1. The molecule has 0 aliphatic carbocycles. The molecule has 1 aliphatic rings. The molecular formula is C5H9FO3. The SMILES string of the molecule is COC1(CF)OCCO1. The Morgan fingerprint density at radius 2 is 2.11 bits per heavy atom. The molecule has 1 saturated heterocycles. The van der Waals surface area contributed by atoms with Gasteiger partial charge in [0, 0.05) is 7.11 Å². The number of hydrogen-bond acceptors (Lipinski definition) is 3. The highest BCUT2D eigenvalue weighted by Crippen LogP contribution is 2.19. The van der Waals surface area contributed by atoms with Crippen molar-refractivity contribution in [3.05, 3.63) is 0 Å². The van der Waals surface area contributed by atoms with E-state index in [-0.39, 0.29) is 0 Å². The number of ether oxygens (including phenoxy) is 3. The second-order valence-corrected chi connectivity index (χ2v) is 1.72. The molecule has 0 bridgehead atoms. The molecule has 0 N–H and O–H groups in total. The molecule has 9 heavy (non-hydrogen) atoms. The zero-order valence-corrected chi connectivity index (χ0v) is 5.22. The van der Waals surface area contributed by atoms with Crippen LogP contribution in [-0.2, 0) is 14.2 Å². The van der Waals surface area contributed by atoms with Crippen molar-refractivity contribution in [2.75, 3.05) is 27.0 Å². The largest absolute Gasteiger partial charge is 0.329 e. The van der Waals surface area contributed by atoms with Gasteiger partial charge in [-0.15, -0.1) is 0 Å². The minimum atomic E-state index is -1.39. The van der Waals surface area contributed by atoms with Crippen LogP contribution >= 0.6 is 0 Å². The highest BCUT2D eigenvalue weighted by atomic mass is 19.1. The summed E-state index contributed by atoms with van der Waals surface area (Å²) in [6, 6.07) is 0. The minimum absolute atomic E-state index is 0.401. The van der Waals surface area contributed by atoms with E-state index >= 15 is 0 Å². The van der Waals surface area contributed by atoms with Crippen LogP contribution in [-0.4, -0.2) is 33.0 Å². The van der Waals surface area contributed by atoms with E-state index in [0.717, 1.165) is 0 Å². The van der Waals surface area contributed by atoms with Crippen molar-refractivity contribution >= 4 is 0 Å². The van der Waals surface area contributed by atoms with Gasteiger partial charge in [-0.3, -0.25) is 0 Å². The molecule has 0 unspecified atom stereocenters. The smallest absolute Gasteiger partial charge is 0.313 e. The van der Waals surface area contributed by atoms with Gasteiger partial charge in [-0.25, -0.2) is 4.39 Å². The lowest BCUT2D eigenvalue weighted by molar-refractivity contribution is -0.324. The van der Waals surface area contributed by atoms with Gasteiger partial charge >= 0.3 is 5.97 Å². The van der Waals surface area contributed by atoms with Gasteiger partial charge in [0.1, 0.15) is 0 Å². The molecular weight excluding hydrogens is 127 g/mol. The Hall–Kier alpha value is -0.190. The first-order valence-electron chi connectivity index (χ1n) is 2.72. The molecule has 0 spiro atoms. The van der Waals surface area contributed by atoms with E-state index in [1.54, 1.807) is 0 Å². The van der Waals surface area contributed by atoms with Crippen LogP contribution in [0.25, 0.3) is 0 Å². The molecule has 0 aromatic carbocycles. The summed E-state index contributed by atoms with van der Waals surface area (Å²) in [6.07, 6.45) is 0. The van der Waals surface area contributed by atoms with E-state index in [9.17, 15) is 4.39 Å². The number of rotatable bonds is 2. The molecule has 1 fully saturated rings. The van der Waals surface area contributed by atoms with Crippen LogP contribution in [0.4, 0.5) is 4.39 Å². The van der Waals surface area contributed by atoms with Crippen LogP contribution in [0.3, 0.4) is 0 Å². The third-order valence-electron chi connectivity index (χ3n) is 1.20. The molecule has 54 valence electrons. The maximum atomic E-state index is 12.0. The van der Waals surface area contributed by atoms with Crippen LogP contribution in [0.5, 0.6) is 0 Å². The predicted molar refractivity (Wildman–Crippen MR) is 27.6 cm³/mol. The number of alkyl halides is 1. The van der Waals surface area contributed by atoms with Gasteiger partial charge in [-0.1, -0.05) is 0 Å². The van der Waals surface area contributed by atoms with Crippen LogP contribution in [0, 0.1) is 0 Å². The molecule has 0 atom stereocenters. The lowest BCUT2D eigenvalue weighted by Crippen LogP contribution is -2.34. The second kappa shape index (κ2) is 2.60. The highest BCUT2D eigenvalue weighted by Gasteiger charge is 2.36. The fraction of sp³-hybridized carbons (Fsp3) is 1.00. The number of hydrogen-bond donors (Lipinski definition) is 0. The molecule has 0 radical (unpaired) electrons. The van der Waals surface area contributed by atoms with Gasteiger partial charge in [-0.05, 0) is 0 Å². The van der Waals surface area contributed by atoms with Gasteiger partial charge in [0.25, 0.3) is 0 Å². The van der Waals surface area contributed by atoms with E-state index in [4.69, 9.17) is 9.47 Å². The molecule has 0 saturated carbocycles. The van der Waals surface area contributed by atoms with Crippen molar-refractivity contribution in [1.29, 1.82) is 0 Å². The molecule has 1 heterocycles. The van der Waals surface area contributed by atoms with Crippen molar-refractivity contribution in [2.45, 2.75) is 5.97 Å². The third kappa shape index (κ3) is 1.20. The first kappa shape index (κ1) is 6.92. The first-order chi connectivity index (χ1) is 4.33. The molecule has 0 amide bonds. The minimum Gasteiger partial charge on any atom is -0.329 e. The topological polar surface area (TPSA) is 27.7 Å². The Morgan fingerprint density at radius 1 is 1.56 bits per heavy atom. The molecule has 4 heteroatoms. The van der Waals surface area contributed by atoms with Crippen LogP contribution in [0.15, 0.2) is 0 Å². The number of halogens is 1. The summed E-state index contributed by atoms with van der Waals surface area (Å²) >= 11 is 0. The molecule has 0 aromatic heterocycles. The normalized spacial score (nSPS) is 24.7. The molecule has 0 aromatic rings. The quantitative estimate of drug-likeness (QED) is 0.546. The second-order valence-electron chi connectivity index (χ2n) is 1.72. The summed E-state index contributed by atoms with van der Waals surface area (Å²) in [5, 5.41) is 0. The molecule has 3 nitrogen and oxygen atoms in total. The average molecular weight is 136 g/mol. The van der Waals surface area contributed by atoms with Crippen molar-refractivity contribution in [2.24, 2.45) is 0 Å². The summed E-state index contributed by atoms with van der Waals surface area (Å²) in [4.78, 5) is 0. The summed E-state index contributed by atoms with van der Waals surface area (Å²) < 4.78 is 26.2. The fourth-order valence-electron chi connectivity index (χ4n) is 0.686. The summed E-state index contributed by atoms with van der Waals surface area (Å²) in [7, 11) is 1.35. The Bertz CT molecular complexity index is 84.2. The molecule has 1 rings (SSSR count). The van der Waals surface area contributed by atoms with E-state index in [2.05, 4.69) is 4.74 Å². The van der Waals surface area contributed by atoms with Crippen LogP contribution in [0.1, 0.15) is 0 Å². The van der Waals surface area contributed by atoms with Gasteiger partial charge in [0.2, 0.25) is 0 Å². The van der Waals surface area contributed by atoms with E-state index in [1.165, 1.54) is 7.11 Å². The maximum Gasteiger partial charge on any atom is 0.313 e. The summed E-state index contributed by atoms with van der Waals surface area (Å²) in [5.41, 5.74) is 0. The average Bonchev–Trinajstić information content (AvgIpc) is 2.36. The van der Waals surface area contributed by atoms with Gasteiger partial charge in [0.15, 0.2) is 6.67 Å². The third-order valence-corrected chi connectivity index (χ3v) is 1.20. The molecule has 1 aliphatic heterocycles. The zero-order valence-electron chi connectivity index (χ0n) is 5.22. The standard InChI is InChI=1S/C5H9FO3/c1-7-5(4-6)8-2-3-9-5/h2-4H2,1H3. The summed E-state index contributed by atoms with van der Waals surface area (Å²) in [6.45, 7) is 0.0407. The Labute approximate surface area is 52.7 Å². The maximum absolute atomic E-state index is 12.0. The Kier molecular flexibility index (Phi) is 2.00. The van der Waals surface area contributed by atoms with Crippen molar-refractivity contribution in [3.63, 3.8) is 0 Å². The van der Waals surface area contributed by atoms with E-state index in [1.807, 2.05) is 0 Å². The summed E-state index contributed by atoms with van der Waals surface area (Å²) in [5.74, 6) is -1.39. The van der Waals surface area contributed by atoms with Gasteiger partial charge < -0.3 is 14.2 Å². The first-order valence-corrected chi connectivity index (χ1v) is 2.72. The monoisotopic (exact) mass is 136 g/mol. The highest BCUT2D eigenvalue weighted by molar-refractivity contribution is 4.59. The van der Waals surface area contributed by atoms with Crippen molar-refractivity contribution in [3.8, 4) is 0 Å².